The largest absolute Gasteiger partial charge is 0.508 e. The van der Waals surface area contributed by atoms with E-state index in [9.17, 15) is 9.90 Å². The summed E-state index contributed by atoms with van der Waals surface area (Å²) in [5.74, 6) is 0.623. The lowest BCUT2D eigenvalue weighted by atomic mass is 9.88. The third kappa shape index (κ3) is 2.94. The number of rotatable bonds is 3. The maximum Gasteiger partial charge on any atom is 0.330 e. The van der Waals surface area contributed by atoms with Crippen molar-refractivity contribution in [3.05, 3.63) is 29.3 Å². The van der Waals surface area contributed by atoms with Crippen molar-refractivity contribution in [1.82, 2.24) is 0 Å². The van der Waals surface area contributed by atoms with Crippen LogP contribution in [0.2, 0.25) is 0 Å². The number of phenolic OH excluding ortho intramolecular Hbond substituents is 1. The number of aliphatic imine (C=N–C) groups is 1. The van der Waals surface area contributed by atoms with Crippen LogP contribution in [-0.2, 0) is 16.0 Å². The minimum atomic E-state index is -0.441. The zero-order chi connectivity index (χ0) is 14.8. The van der Waals surface area contributed by atoms with E-state index in [0.717, 1.165) is 23.3 Å². The molecule has 1 heterocycles. The second kappa shape index (κ2) is 5.88. The number of benzene rings is 1. The van der Waals surface area contributed by atoms with Crippen LogP contribution in [0, 0.1) is 5.92 Å². The predicted octanol–water partition coefficient (Wildman–Crippen LogP) is 2.86. The molecule has 1 saturated carbocycles. The average Bonchev–Trinajstić information content (AvgIpc) is 2.99. The fourth-order valence-electron chi connectivity index (χ4n) is 3.45. The van der Waals surface area contributed by atoms with Crippen LogP contribution in [0.4, 0.5) is 0 Å². The quantitative estimate of drug-likeness (QED) is 0.870. The maximum atomic E-state index is 11.8. The average molecular weight is 287 g/mol. The Balaban J connectivity index is 1.92. The summed E-state index contributed by atoms with van der Waals surface area (Å²) >= 11 is 0. The van der Waals surface area contributed by atoms with Crippen LogP contribution in [0.5, 0.6) is 5.75 Å². The molecule has 1 aliphatic heterocycles. The number of esters is 1. The first-order valence-electron chi connectivity index (χ1n) is 7.64. The van der Waals surface area contributed by atoms with Crippen LogP contribution < -0.4 is 0 Å². The third-order valence-electron chi connectivity index (χ3n) is 4.56. The summed E-state index contributed by atoms with van der Waals surface area (Å²) in [5.41, 5.74) is 3.03. The first-order valence-corrected chi connectivity index (χ1v) is 7.64. The summed E-state index contributed by atoms with van der Waals surface area (Å²) in [6, 6.07) is 4.90. The van der Waals surface area contributed by atoms with Crippen molar-refractivity contribution in [2.45, 2.75) is 44.6 Å². The Kier molecular flexibility index (Phi) is 3.95. The van der Waals surface area contributed by atoms with Gasteiger partial charge in [-0.05, 0) is 30.0 Å². The van der Waals surface area contributed by atoms with Gasteiger partial charge >= 0.3 is 5.97 Å². The van der Waals surface area contributed by atoms with Crippen molar-refractivity contribution < 1.29 is 14.6 Å². The van der Waals surface area contributed by atoms with Crippen LogP contribution in [0.15, 0.2) is 23.2 Å². The highest BCUT2D eigenvalue weighted by Gasteiger charge is 2.28. The number of ether oxygens (including phenoxy) is 1. The molecule has 2 aliphatic rings. The fourth-order valence-corrected chi connectivity index (χ4v) is 3.45. The lowest BCUT2D eigenvalue weighted by Crippen LogP contribution is -2.29. The van der Waals surface area contributed by atoms with Crippen LogP contribution in [0.3, 0.4) is 0 Å². The molecular formula is C17H21NO3. The van der Waals surface area contributed by atoms with Crippen LogP contribution in [-0.4, -0.2) is 29.9 Å². The molecule has 1 unspecified atom stereocenters. The van der Waals surface area contributed by atoms with Crippen LogP contribution in [0.25, 0.3) is 0 Å². The highest BCUT2D eigenvalue weighted by atomic mass is 16.5. The molecule has 1 aliphatic carbocycles. The Morgan fingerprint density at radius 1 is 1.38 bits per heavy atom. The van der Waals surface area contributed by atoms with Crippen LogP contribution >= 0.6 is 0 Å². The highest BCUT2D eigenvalue weighted by molar-refractivity contribution is 6.04. The van der Waals surface area contributed by atoms with Crippen molar-refractivity contribution in [3.63, 3.8) is 0 Å². The topological polar surface area (TPSA) is 58.9 Å². The van der Waals surface area contributed by atoms with Gasteiger partial charge in [0, 0.05) is 17.7 Å². The summed E-state index contributed by atoms with van der Waals surface area (Å²) in [5, 5.41) is 9.74. The van der Waals surface area contributed by atoms with Crippen LogP contribution in [0.1, 0.15) is 43.2 Å². The summed E-state index contributed by atoms with van der Waals surface area (Å²) in [6.45, 7) is 0. The molecule has 1 atom stereocenters. The first-order chi connectivity index (χ1) is 10.2. The number of methoxy groups -OCH3 is 1. The SMILES string of the molecule is COC(=O)C1Cc2ccc(O)cc2C(CC2CCCC2)=N1. The highest BCUT2D eigenvalue weighted by Crippen LogP contribution is 2.32. The smallest absolute Gasteiger partial charge is 0.330 e. The maximum absolute atomic E-state index is 11.8. The molecule has 0 saturated heterocycles. The minimum absolute atomic E-state index is 0.254. The normalized spacial score (nSPS) is 21.8. The van der Waals surface area contributed by atoms with Gasteiger partial charge in [-0.3, -0.25) is 4.99 Å². The van der Waals surface area contributed by atoms with Gasteiger partial charge in [0.1, 0.15) is 5.75 Å². The van der Waals surface area contributed by atoms with E-state index in [4.69, 9.17) is 4.74 Å². The van der Waals surface area contributed by atoms with Crippen molar-refractivity contribution in [1.29, 1.82) is 0 Å². The Bertz CT molecular complexity index is 573. The van der Waals surface area contributed by atoms with E-state index < -0.39 is 6.04 Å². The molecule has 0 amide bonds. The van der Waals surface area contributed by atoms with Gasteiger partial charge in [-0.2, -0.15) is 0 Å². The van der Waals surface area contributed by atoms with Gasteiger partial charge in [0.25, 0.3) is 0 Å². The fraction of sp³-hybridized carbons (Fsp3) is 0.529. The van der Waals surface area contributed by atoms with Gasteiger partial charge in [-0.15, -0.1) is 0 Å². The van der Waals surface area contributed by atoms with E-state index in [1.54, 1.807) is 12.1 Å². The predicted molar refractivity (Wildman–Crippen MR) is 80.7 cm³/mol. The zero-order valence-corrected chi connectivity index (χ0v) is 12.3. The molecule has 1 N–H and O–H groups in total. The first kappa shape index (κ1) is 14.1. The Morgan fingerprint density at radius 2 is 2.14 bits per heavy atom. The van der Waals surface area contributed by atoms with E-state index >= 15 is 0 Å². The third-order valence-corrected chi connectivity index (χ3v) is 4.56. The number of carbonyl (C=O) groups excluding carboxylic acids is 1. The van der Waals surface area contributed by atoms with Crippen molar-refractivity contribution in [3.8, 4) is 5.75 Å². The molecule has 0 radical (unpaired) electrons. The van der Waals surface area contributed by atoms with E-state index in [0.29, 0.717) is 12.3 Å². The summed E-state index contributed by atoms with van der Waals surface area (Å²) in [4.78, 5) is 16.5. The summed E-state index contributed by atoms with van der Waals surface area (Å²) in [7, 11) is 1.40. The standard InChI is InChI=1S/C17H21NO3/c1-21-17(20)16-9-12-6-7-13(19)10-14(12)15(18-16)8-11-4-2-3-5-11/h6-7,10-11,16,19H,2-5,8-9H2,1H3. The van der Waals surface area contributed by atoms with Gasteiger partial charge in [-0.1, -0.05) is 31.7 Å². The molecule has 0 bridgehead atoms. The minimum Gasteiger partial charge on any atom is -0.508 e. The molecule has 4 nitrogen and oxygen atoms in total. The number of phenols is 1. The van der Waals surface area contributed by atoms with Gasteiger partial charge < -0.3 is 9.84 Å². The van der Waals surface area contributed by atoms with Gasteiger partial charge in [0.05, 0.1) is 7.11 Å². The Morgan fingerprint density at radius 3 is 2.86 bits per heavy atom. The molecule has 112 valence electrons. The molecule has 1 aromatic carbocycles. The second-order valence-corrected chi connectivity index (χ2v) is 6.01. The van der Waals surface area contributed by atoms with E-state index in [-0.39, 0.29) is 11.7 Å². The molecule has 1 fully saturated rings. The molecule has 0 aromatic heterocycles. The lowest BCUT2D eigenvalue weighted by molar-refractivity contribution is -0.142. The van der Waals surface area contributed by atoms with E-state index in [1.165, 1.54) is 32.8 Å². The van der Waals surface area contributed by atoms with Crippen molar-refractivity contribution in [2.75, 3.05) is 7.11 Å². The van der Waals surface area contributed by atoms with Gasteiger partial charge in [0.15, 0.2) is 6.04 Å². The van der Waals surface area contributed by atoms with E-state index in [1.807, 2.05) is 6.07 Å². The number of hydrogen-bond acceptors (Lipinski definition) is 4. The molecule has 4 heteroatoms. The number of carbonyl (C=O) groups is 1. The molecule has 21 heavy (non-hydrogen) atoms. The molecular weight excluding hydrogens is 266 g/mol. The van der Waals surface area contributed by atoms with Crippen molar-refractivity contribution in [2.24, 2.45) is 10.9 Å². The van der Waals surface area contributed by atoms with Gasteiger partial charge in [-0.25, -0.2) is 4.79 Å². The zero-order valence-electron chi connectivity index (χ0n) is 12.3. The monoisotopic (exact) mass is 287 g/mol. The van der Waals surface area contributed by atoms with Gasteiger partial charge in [0.2, 0.25) is 0 Å². The second-order valence-electron chi connectivity index (χ2n) is 6.01. The summed E-state index contributed by atoms with van der Waals surface area (Å²) < 4.78 is 4.85. The molecule has 1 aromatic rings. The number of fused-ring (bicyclic) bond motifs is 1. The number of nitrogens with zero attached hydrogens (tertiary/aromatic N) is 1. The van der Waals surface area contributed by atoms with E-state index in [2.05, 4.69) is 4.99 Å². The summed E-state index contributed by atoms with van der Waals surface area (Å²) in [6.07, 6.45) is 6.48. The number of aromatic hydroxyl groups is 1. The number of hydrogen-bond donors (Lipinski definition) is 1. The Hall–Kier alpha value is -1.84. The molecule has 3 rings (SSSR count). The lowest BCUT2D eigenvalue weighted by Gasteiger charge is -2.24. The molecule has 0 spiro atoms. The van der Waals surface area contributed by atoms with Crippen molar-refractivity contribution >= 4 is 11.7 Å². The Labute approximate surface area is 124 Å².